The van der Waals surface area contributed by atoms with Crippen LogP contribution in [0.1, 0.15) is 25.7 Å². The summed E-state index contributed by atoms with van der Waals surface area (Å²) in [4.78, 5) is 2.48. The predicted molar refractivity (Wildman–Crippen MR) is 151 cm³/mol. The lowest BCUT2D eigenvalue weighted by molar-refractivity contribution is -0.0311. The number of piperidine rings is 1. The zero-order chi connectivity index (χ0) is 28.4. The number of sulfonamides is 2. The van der Waals surface area contributed by atoms with Gasteiger partial charge in [-0.2, -0.15) is 4.31 Å². The fraction of sp³-hybridized carbons (Fsp3) is 0.556. The van der Waals surface area contributed by atoms with E-state index >= 15 is 0 Å². The molecular weight excluding hydrogens is 556 g/mol. The molecule has 2 fully saturated rings. The van der Waals surface area contributed by atoms with E-state index in [1.165, 1.54) is 19.2 Å². The minimum atomic E-state index is -3.61. The van der Waals surface area contributed by atoms with Crippen LogP contribution in [-0.4, -0.2) is 92.9 Å². The van der Waals surface area contributed by atoms with Gasteiger partial charge in [0.1, 0.15) is 18.1 Å². The van der Waals surface area contributed by atoms with Gasteiger partial charge in [0, 0.05) is 32.2 Å². The predicted octanol–water partition coefficient (Wildman–Crippen LogP) is 1.79. The lowest BCUT2D eigenvalue weighted by Gasteiger charge is -2.38. The van der Waals surface area contributed by atoms with E-state index in [1.54, 1.807) is 34.6 Å². The summed E-state index contributed by atoms with van der Waals surface area (Å²) in [7, 11) is -3.80. The molecule has 0 amide bonds. The third-order valence-corrected chi connectivity index (χ3v) is 11.2. The number of nitrogens with zero attached hydrogens (tertiary/aromatic N) is 2. The number of hydrogen-bond donors (Lipinski definition) is 2. The van der Waals surface area contributed by atoms with Crippen molar-refractivity contribution in [2.24, 2.45) is 0 Å². The summed E-state index contributed by atoms with van der Waals surface area (Å²) in [5, 5.41) is 3.53. The highest BCUT2D eigenvalue weighted by Crippen LogP contribution is 2.39. The van der Waals surface area contributed by atoms with Crippen molar-refractivity contribution in [3.05, 3.63) is 42.5 Å². The van der Waals surface area contributed by atoms with Crippen LogP contribution >= 0.6 is 0 Å². The molecule has 13 heteroatoms. The van der Waals surface area contributed by atoms with Gasteiger partial charge in [0.15, 0.2) is 0 Å². The van der Waals surface area contributed by atoms with Crippen LogP contribution in [0.4, 0.5) is 5.69 Å². The molecule has 0 aliphatic carbocycles. The number of benzene rings is 2. The SMILES string of the molecule is CNS(=O)(=O)c1cccc(OCCCN[C@H]2COC3(CCN(S(=O)(=O)c4ccc5c(c4)N(C)CCO5)CC3)C2)c1. The maximum absolute atomic E-state index is 13.4. The second-order valence-electron chi connectivity index (χ2n) is 10.5. The number of fused-ring (bicyclic) bond motifs is 1. The van der Waals surface area contributed by atoms with E-state index in [9.17, 15) is 16.8 Å². The van der Waals surface area contributed by atoms with E-state index in [4.69, 9.17) is 14.2 Å². The quantitative estimate of drug-likeness (QED) is 0.396. The smallest absolute Gasteiger partial charge is 0.243 e. The largest absolute Gasteiger partial charge is 0.494 e. The normalized spacial score (nSPS) is 21.2. The van der Waals surface area contributed by atoms with Gasteiger partial charge < -0.3 is 24.4 Å². The summed E-state index contributed by atoms with van der Waals surface area (Å²) in [6.45, 7) is 3.94. The monoisotopic (exact) mass is 594 g/mol. The molecule has 2 aromatic rings. The van der Waals surface area contributed by atoms with Crippen molar-refractivity contribution in [3.8, 4) is 11.5 Å². The van der Waals surface area contributed by atoms with Gasteiger partial charge in [-0.1, -0.05) is 6.07 Å². The molecule has 40 heavy (non-hydrogen) atoms. The van der Waals surface area contributed by atoms with Crippen molar-refractivity contribution in [2.45, 2.75) is 47.1 Å². The van der Waals surface area contributed by atoms with Gasteiger partial charge in [0.05, 0.1) is 40.8 Å². The first-order valence-corrected chi connectivity index (χ1v) is 16.6. The van der Waals surface area contributed by atoms with Gasteiger partial charge in [-0.25, -0.2) is 21.6 Å². The Morgan fingerprint density at radius 1 is 1.05 bits per heavy atom. The van der Waals surface area contributed by atoms with Crippen molar-refractivity contribution in [2.75, 3.05) is 65.0 Å². The van der Waals surface area contributed by atoms with Crippen molar-refractivity contribution in [1.29, 1.82) is 0 Å². The van der Waals surface area contributed by atoms with E-state index in [0.29, 0.717) is 62.1 Å². The molecule has 0 bridgehead atoms. The lowest BCUT2D eigenvalue weighted by atomic mass is 9.88. The Kier molecular flexibility index (Phi) is 8.60. The first-order chi connectivity index (χ1) is 19.1. The number of hydrogen-bond acceptors (Lipinski definition) is 9. The standard InChI is InChI=1S/C27H38N4O7S2/c1-28-39(32,33)23-6-3-5-22(17-23)36-15-4-11-29-21-19-27(38-20-21)9-12-31(13-10-27)40(34,35)24-7-8-26-25(18-24)30(2)14-16-37-26/h3,5-8,17-18,21,28-29H,4,9-16,19-20H2,1-2H3/t21-/m1/s1. The highest BCUT2D eigenvalue weighted by atomic mass is 32.2. The third kappa shape index (κ3) is 6.24. The molecule has 220 valence electrons. The molecule has 0 saturated carbocycles. The first kappa shape index (κ1) is 29.1. The molecule has 1 spiro atoms. The second-order valence-corrected chi connectivity index (χ2v) is 14.4. The minimum Gasteiger partial charge on any atom is -0.494 e. The summed E-state index contributed by atoms with van der Waals surface area (Å²) in [6, 6.07) is 11.7. The molecule has 0 aromatic heterocycles. The average molecular weight is 595 g/mol. The summed E-state index contributed by atoms with van der Waals surface area (Å²) in [5.41, 5.74) is 0.498. The molecule has 2 N–H and O–H groups in total. The topological polar surface area (TPSA) is 127 Å². The molecule has 0 radical (unpaired) electrons. The number of ether oxygens (including phenoxy) is 3. The second kappa shape index (κ2) is 11.8. The van der Waals surface area contributed by atoms with Crippen molar-refractivity contribution in [3.63, 3.8) is 0 Å². The Morgan fingerprint density at radius 2 is 1.85 bits per heavy atom. The zero-order valence-corrected chi connectivity index (χ0v) is 24.6. The third-order valence-electron chi connectivity index (χ3n) is 7.91. The minimum absolute atomic E-state index is 0.169. The van der Waals surface area contributed by atoms with Crippen LogP contribution in [0.5, 0.6) is 11.5 Å². The van der Waals surface area contributed by atoms with Gasteiger partial charge in [-0.3, -0.25) is 0 Å². The Labute approximate surface area is 236 Å². The summed E-state index contributed by atoms with van der Waals surface area (Å²) < 4.78 is 72.2. The van der Waals surface area contributed by atoms with Crippen LogP contribution in [0.2, 0.25) is 0 Å². The Morgan fingerprint density at radius 3 is 2.62 bits per heavy atom. The molecule has 11 nitrogen and oxygen atoms in total. The van der Waals surface area contributed by atoms with Gasteiger partial charge in [0.2, 0.25) is 20.0 Å². The molecule has 3 aliphatic rings. The molecular formula is C27H38N4O7S2. The maximum Gasteiger partial charge on any atom is 0.243 e. The Bertz CT molecular complexity index is 1410. The first-order valence-electron chi connectivity index (χ1n) is 13.6. The van der Waals surface area contributed by atoms with E-state index < -0.39 is 20.0 Å². The van der Waals surface area contributed by atoms with Crippen LogP contribution in [0, 0.1) is 0 Å². The van der Waals surface area contributed by atoms with E-state index in [2.05, 4.69) is 10.0 Å². The van der Waals surface area contributed by atoms with Crippen molar-refractivity contribution in [1.82, 2.24) is 14.3 Å². The zero-order valence-electron chi connectivity index (χ0n) is 23.0. The van der Waals surface area contributed by atoms with E-state index in [1.807, 2.05) is 11.9 Å². The fourth-order valence-electron chi connectivity index (χ4n) is 5.52. The number of rotatable bonds is 10. The molecule has 2 saturated heterocycles. The molecule has 5 rings (SSSR count). The van der Waals surface area contributed by atoms with Crippen molar-refractivity contribution < 1.29 is 31.0 Å². The summed E-state index contributed by atoms with van der Waals surface area (Å²) >= 11 is 0. The fourth-order valence-corrected chi connectivity index (χ4v) is 7.74. The average Bonchev–Trinajstić information content (AvgIpc) is 3.35. The molecule has 3 aliphatic heterocycles. The number of nitrogens with one attached hydrogen (secondary N) is 2. The van der Waals surface area contributed by atoms with Gasteiger partial charge in [-0.15, -0.1) is 0 Å². The van der Waals surface area contributed by atoms with Crippen LogP contribution in [0.15, 0.2) is 52.3 Å². The highest BCUT2D eigenvalue weighted by Gasteiger charge is 2.44. The van der Waals surface area contributed by atoms with Gasteiger partial charge in [-0.05, 0) is 69.6 Å². The molecule has 2 aromatic carbocycles. The molecule has 3 heterocycles. The van der Waals surface area contributed by atoms with E-state index in [-0.39, 0.29) is 16.5 Å². The number of likely N-dealkylation sites (N-methyl/N-ethyl adjacent to an activating group) is 1. The lowest BCUT2D eigenvalue weighted by Crippen LogP contribution is -2.47. The Hall–Kier alpha value is -2.42. The van der Waals surface area contributed by atoms with Gasteiger partial charge >= 0.3 is 0 Å². The van der Waals surface area contributed by atoms with Crippen molar-refractivity contribution >= 4 is 25.7 Å². The summed E-state index contributed by atoms with van der Waals surface area (Å²) in [6.07, 6.45) is 2.91. The van der Waals surface area contributed by atoms with Gasteiger partial charge in [0.25, 0.3) is 0 Å². The van der Waals surface area contributed by atoms with Crippen LogP contribution in [-0.2, 0) is 24.8 Å². The van der Waals surface area contributed by atoms with Crippen LogP contribution in [0.3, 0.4) is 0 Å². The maximum atomic E-state index is 13.4. The van der Waals surface area contributed by atoms with E-state index in [0.717, 1.165) is 31.6 Å². The summed E-state index contributed by atoms with van der Waals surface area (Å²) in [5.74, 6) is 1.22. The molecule has 0 unspecified atom stereocenters. The highest BCUT2D eigenvalue weighted by molar-refractivity contribution is 7.89. The molecule has 1 atom stereocenters. The Balaban J connectivity index is 1.07. The number of anilines is 1. The van der Waals surface area contributed by atoms with Crippen LogP contribution in [0.25, 0.3) is 0 Å². The van der Waals surface area contributed by atoms with Crippen LogP contribution < -0.4 is 24.4 Å².